The number of aromatic amines is 1. The SMILES string of the molecule is CC(C)(c1cc(Nc2ncc3c(C(F)(F)F)c[nH]c3n2)n(C2CC2)n1)n1nccn1. The van der Waals surface area contributed by atoms with E-state index in [4.69, 9.17) is 5.10 Å². The van der Waals surface area contributed by atoms with E-state index in [9.17, 15) is 13.2 Å². The van der Waals surface area contributed by atoms with Gasteiger partial charge in [-0.15, -0.1) is 0 Å². The van der Waals surface area contributed by atoms with Crippen LogP contribution in [0.2, 0.25) is 0 Å². The van der Waals surface area contributed by atoms with Crippen molar-refractivity contribution in [3.05, 3.63) is 42.1 Å². The second kappa shape index (κ2) is 6.28. The molecule has 0 saturated heterocycles. The van der Waals surface area contributed by atoms with Crippen molar-refractivity contribution < 1.29 is 13.2 Å². The zero-order valence-corrected chi connectivity index (χ0v) is 16.1. The summed E-state index contributed by atoms with van der Waals surface area (Å²) in [6.07, 6.45) is 2.81. The van der Waals surface area contributed by atoms with Crippen molar-refractivity contribution in [1.82, 2.24) is 39.7 Å². The second-order valence-electron chi connectivity index (χ2n) is 7.75. The van der Waals surface area contributed by atoms with Gasteiger partial charge in [0.15, 0.2) is 0 Å². The van der Waals surface area contributed by atoms with E-state index in [0.29, 0.717) is 5.82 Å². The standard InChI is InChI=1S/C18H18F3N9/c1-17(2,30-24-5-6-25-30)13-7-14(29(28-13)10-3-4-10)26-16-23-8-11-12(18(19,20)21)9-22-15(11)27-16/h5-10H,3-4H2,1-2H3,(H2,22,23,26,27). The normalized spacial score (nSPS) is 15.1. The number of nitrogens with zero attached hydrogens (tertiary/aromatic N) is 7. The number of hydrogen-bond acceptors (Lipinski definition) is 6. The summed E-state index contributed by atoms with van der Waals surface area (Å²) in [5.74, 6) is 0.844. The fourth-order valence-corrected chi connectivity index (χ4v) is 3.31. The number of hydrogen-bond donors (Lipinski definition) is 2. The number of halogens is 3. The molecule has 1 fully saturated rings. The maximum absolute atomic E-state index is 13.1. The largest absolute Gasteiger partial charge is 0.418 e. The molecule has 1 saturated carbocycles. The Hall–Kier alpha value is -3.44. The highest BCUT2D eigenvalue weighted by Gasteiger charge is 2.35. The zero-order chi connectivity index (χ0) is 21.1. The lowest BCUT2D eigenvalue weighted by atomic mass is 10.0. The van der Waals surface area contributed by atoms with E-state index >= 15 is 0 Å². The summed E-state index contributed by atoms with van der Waals surface area (Å²) in [6.45, 7) is 3.91. The van der Waals surface area contributed by atoms with Gasteiger partial charge in [-0.05, 0) is 26.7 Å². The predicted octanol–water partition coefficient (Wildman–Crippen LogP) is 3.63. The van der Waals surface area contributed by atoms with Crippen molar-refractivity contribution in [2.45, 2.75) is 44.4 Å². The van der Waals surface area contributed by atoms with Crippen molar-refractivity contribution in [1.29, 1.82) is 0 Å². The van der Waals surface area contributed by atoms with Gasteiger partial charge in [-0.3, -0.25) is 0 Å². The first-order valence-electron chi connectivity index (χ1n) is 9.38. The van der Waals surface area contributed by atoms with E-state index in [1.165, 1.54) is 6.20 Å². The molecule has 0 atom stereocenters. The molecule has 4 aromatic rings. The Morgan fingerprint density at radius 3 is 2.57 bits per heavy atom. The molecule has 0 unspecified atom stereocenters. The van der Waals surface area contributed by atoms with Crippen LogP contribution in [0.3, 0.4) is 0 Å². The third kappa shape index (κ3) is 3.08. The summed E-state index contributed by atoms with van der Waals surface area (Å²) >= 11 is 0. The van der Waals surface area contributed by atoms with Crippen LogP contribution < -0.4 is 5.32 Å². The Labute approximate surface area is 168 Å². The molecule has 30 heavy (non-hydrogen) atoms. The van der Waals surface area contributed by atoms with E-state index in [1.54, 1.807) is 17.2 Å². The molecule has 0 aromatic carbocycles. The Balaban J connectivity index is 1.49. The summed E-state index contributed by atoms with van der Waals surface area (Å²) < 4.78 is 41.1. The lowest BCUT2D eigenvalue weighted by Gasteiger charge is -2.20. The third-order valence-electron chi connectivity index (χ3n) is 5.15. The van der Waals surface area contributed by atoms with Crippen LogP contribution in [0.15, 0.2) is 30.9 Å². The van der Waals surface area contributed by atoms with Crippen LogP contribution in [0.4, 0.5) is 24.9 Å². The average molecular weight is 417 g/mol. The molecule has 12 heteroatoms. The number of alkyl halides is 3. The van der Waals surface area contributed by atoms with Gasteiger partial charge in [-0.25, -0.2) is 9.67 Å². The fourth-order valence-electron chi connectivity index (χ4n) is 3.31. The smallest absolute Gasteiger partial charge is 0.345 e. The van der Waals surface area contributed by atoms with Gasteiger partial charge in [0.25, 0.3) is 0 Å². The van der Waals surface area contributed by atoms with Crippen LogP contribution in [0, 0.1) is 0 Å². The topological polar surface area (TPSA) is 102 Å². The maximum atomic E-state index is 13.1. The zero-order valence-electron chi connectivity index (χ0n) is 16.1. The van der Waals surface area contributed by atoms with Crippen LogP contribution in [0.1, 0.15) is 44.0 Å². The van der Waals surface area contributed by atoms with Gasteiger partial charge >= 0.3 is 6.18 Å². The average Bonchev–Trinajstić information content (AvgIpc) is 3.12. The molecular formula is C18H18F3N9. The molecule has 4 heterocycles. The number of nitrogens with one attached hydrogen (secondary N) is 2. The Bertz CT molecular complexity index is 1200. The van der Waals surface area contributed by atoms with E-state index in [-0.39, 0.29) is 23.0 Å². The Morgan fingerprint density at radius 1 is 1.17 bits per heavy atom. The van der Waals surface area contributed by atoms with Gasteiger partial charge in [0.05, 0.1) is 29.7 Å². The number of anilines is 2. The molecule has 0 radical (unpaired) electrons. The second-order valence-corrected chi connectivity index (χ2v) is 7.75. The molecule has 1 aliphatic carbocycles. The van der Waals surface area contributed by atoms with E-state index < -0.39 is 17.3 Å². The van der Waals surface area contributed by atoms with Crippen LogP contribution >= 0.6 is 0 Å². The molecular weight excluding hydrogens is 399 g/mol. The molecule has 0 aliphatic heterocycles. The minimum absolute atomic E-state index is 0.0738. The first-order chi connectivity index (χ1) is 14.2. The van der Waals surface area contributed by atoms with Crippen molar-refractivity contribution in [3.8, 4) is 0 Å². The lowest BCUT2D eigenvalue weighted by Crippen LogP contribution is -2.30. The maximum Gasteiger partial charge on any atom is 0.418 e. The summed E-state index contributed by atoms with van der Waals surface area (Å²) in [7, 11) is 0. The highest BCUT2D eigenvalue weighted by Crippen LogP contribution is 2.39. The molecule has 156 valence electrons. The number of aromatic nitrogens is 8. The first-order valence-corrected chi connectivity index (χ1v) is 9.38. The minimum Gasteiger partial charge on any atom is -0.345 e. The van der Waals surface area contributed by atoms with Crippen LogP contribution in [0.5, 0.6) is 0 Å². The van der Waals surface area contributed by atoms with Crippen molar-refractivity contribution in [2.24, 2.45) is 0 Å². The highest BCUT2D eigenvalue weighted by molar-refractivity contribution is 5.80. The van der Waals surface area contributed by atoms with Crippen LogP contribution in [-0.4, -0.2) is 39.7 Å². The van der Waals surface area contributed by atoms with Gasteiger partial charge in [0.1, 0.15) is 17.0 Å². The fraction of sp³-hybridized carbons (Fsp3) is 0.389. The van der Waals surface area contributed by atoms with Gasteiger partial charge in [0, 0.05) is 23.8 Å². The summed E-state index contributed by atoms with van der Waals surface area (Å²) in [6, 6.07) is 2.12. The highest BCUT2D eigenvalue weighted by atomic mass is 19.4. The molecule has 2 N–H and O–H groups in total. The number of H-pyrrole nitrogens is 1. The molecule has 5 rings (SSSR count). The number of fused-ring (bicyclic) bond motifs is 1. The molecule has 0 bridgehead atoms. The van der Waals surface area contributed by atoms with Crippen molar-refractivity contribution >= 4 is 22.8 Å². The van der Waals surface area contributed by atoms with E-state index in [0.717, 1.165) is 24.7 Å². The molecule has 4 aromatic heterocycles. The van der Waals surface area contributed by atoms with Gasteiger partial charge in [-0.2, -0.15) is 38.2 Å². The summed E-state index contributed by atoms with van der Waals surface area (Å²) in [4.78, 5) is 12.4. The van der Waals surface area contributed by atoms with Gasteiger partial charge in [0.2, 0.25) is 5.95 Å². The van der Waals surface area contributed by atoms with E-state index in [1.807, 2.05) is 24.6 Å². The monoisotopic (exact) mass is 417 g/mol. The summed E-state index contributed by atoms with van der Waals surface area (Å²) in [5.41, 5.74) is -0.527. The van der Waals surface area contributed by atoms with Gasteiger partial charge < -0.3 is 10.3 Å². The molecule has 9 nitrogen and oxygen atoms in total. The number of rotatable bonds is 5. The lowest BCUT2D eigenvalue weighted by molar-refractivity contribution is -0.136. The van der Waals surface area contributed by atoms with Crippen LogP contribution in [-0.2, 0) is 11.7 Å². The molecule has 1 aliphatic rings. The van der Waals surface area contributed by atoms with Gasteiger partial charge in [-0.1, -0.05) is 0 Å². The van der Waals surface area contributed by atoms with Crippen LogP contribution in [0.25, 0.3) is 11.0 Å². The van der Waals surface area contributed by atoms with Crippen molar-refractivity contribution in [3.63, 3.8) is 0 Å². The third-order valence-corrected chi connectivity index (χ3v) is 5.15. The Kier molecular flexibility index (Phi) is 3.89. The minimum atomic E-state index is -4.47. The predicted molar refractivity (Wildman–Crippen MR) is 101 cm³/mol. The molecule has 0 spiro atoms. The quantitative estimate of drug-likeness (QED) is 0.514. The Morgan fingerprint density at radius 2 is 1.90 bits per heavy atom. The molecule has 0 amide bonds. The van der Waals surface area contributed by atoms with E-state index in [2.05, 4.69) is 30.5 Å². The first kappa shape index (κ1) is 18.6. The van der Waals surface area contributed by atoms with Crippen molar-refractivity contribution in [2.75, 3.05) is 5.32 Å². The summed E-state index contributed by atoms with van der Waals surface area (Å²) in [5, 5.41) is 16.2.